The molecule has 0 atom stereocenters. The molecule has 3 aromatic carbocycles. The molecule has 0 aliphatic carbocycles. The Morgan fingerprint density at radius 3 is 2.13 bits per heavy atom. The Labute approximate surface area is 186 Å². The fourth-order valence-corrected chi connectivity index (χ4v) is 3.41. The molecular formula is C20H16B5FN2OS. The maximum Gasteiger partial charge on any atom is 0.359 e. The van der Waals surface area contributed by atoms with Gasteiger partial charge in [-0.2, -0.15) is 0 Å². The van der Waals surface area contributed by atoms with Gasteiger partial charge in [0.2, 0.25) is 0 Å². The third-order valence-corrected chi connectivity index (χ3v) is 5.61. The molecule has 0 amide bonds. The van der Waals surface area contributed by atoms with Crippen LogP contribution in [0.15, 0.2) is 47.4 Å². The number of nitrogen functional groups attached to an aromatic ring is 1. The molecule has 3 rings (SSSR count). The van der Waals surface area contributed by atoms with Crippen LogP contribution >= 0.6 is 11.8 Å². The van der Waals surface area contributed by atoms with E-state index in [1.54, 1.807) is 30.0 Å². The molecule has 0 spiro atoms. The van der Waals surface area contributed by atoms with Gasteiger partial charge >= 0.3 is 6.92 Å². The highest BCUT2D eigenvalue weighted by molar-refractivity contribution is 7.98. The van der Waals surface area contributed by atoms with Crippen LogP contribution in [-0.4, -0.2) is 44.6 Å². The third-order valence-electron chi connectivity index (χ3n) is 4.86. The Hall–Kier alpha value is -2.18. The van der Waals surface area contributed by atoms with E-state index in [2.05, 4.69) is 5.48 Å². The highest BCUT2D eigenvalue weighted by atomic mass is 32.2. The maximum absolute atomic E-state index is 14.0. The summed E-state index contributed by atoms with van der Waals surface area (Å²) in [5.74, 6) is -0.827. The number of anilines is 2. The Morgan fingerprint density at radius 1 is 0.967 bits per heavy atom. The van der Waals surface area contributed by atoms with Gasteiger partial charge in [0.05, 0.1) is 11.4 Å². The molecule has 0 aliphatic rings. The van der Waals surface area contributed by atoms with E-state index in [1.807, 2.05) is 37.3 Å². The fraction of sp³-hybridized carbons (Fsp3) is 0.100. The van der Waals surface area contributed by atoms with Gasteiger partial charge in [-0.05, 0) is 47.1 Å². The van der Waals surface area contributed by atoms with E-state index >= 15 is 0 Å². The first-order valence-electron chi connectivity index (χ1n) is 9.11. The first kappa shape index (κ1) is 22.5. The molecule has 0 bridgehead atoms. The molecule has 3 aromatic rings. The number of hydrogen-bond donors (Lipinski definition) is 2. The number of benzene rings is 3. The van der Waals surface area contributed by atoms with Crippen LogP contribution in [0.2, 0.25) is 6.82 Å². The van der Waals surface area contributed by atoms with E-state index in [9.17, 15) is 4.39 Å². The number of nitrogens with two attached hydrogens (primary N) is 1. The number of thioether (sulfide) groups is 1. The molecule has 0 unspecified atom stereocenters. The molecule has 0 saturated heterocycles. The monoisotopic (exact) mass is 406 g/mol. The molecule has 10 heteroatoms. The van der Waals surface area contributed by atoms with Gasteiger partial charge in [-0.3, -0.25) is 5.48 Å². The topological polar surface area (TPSA) is 47.3 Å². The van der Waals surface area contributed by atoms with Gasteiger partial charge in [-0.25, -0.2) is 4.39 Å². The van der Waals surface area contributed by atoms with E-state index in [0.717, 1.165) is 5.46 Å². The lowest BCUT2D eigenvalue weighted by Gasteiger charge is -2.20. The summed E-state index contributed by atoms with van der Waals surface area (Å²) in [6.45, 7) is 1.68. The van der Waals surface area contributed by atoms with Gasteiger partial charge in [0.25, 0.3) is 0 Å². The maximum atomic E-state index is 14.0. The van der Waals surface area contributed by atoms with Crippen LogP contribution in [0.3, 0.4) is 0 Å². The summed E-state index contributed by atoms with van der Waals surface area (Å²) in [4.78, 5) is 1.17. The van der Waals surface area contributed by atoms with Gasteiger partial charge in [-0.1, -0.05) is 46.9 Å². The summed E-state index contributed by atoms with van der Waals surface area (Å²) >= 11 is 1.67. The van der Waals surface area contributed by atoms with Gasteiger partial charge in [-0.15, -0.1) is 11.8 Å². The summed E-state index contributed by atoms with van der Waals surface area (Å²) in [6, 6.07) is 13.1. The molecule has 0 heterocycles. The molecule has 3 nitrogen and oxygen atoms in total. The van der Waals surface area contributed by atoms with E-state index in [1.165, 1.54) is 4.90 Å². The zero-order valence-electron chi connectivity index (χ0n) is 16.7. The molecule has 3 N–H and O–H groups in total. The predicted molar refractivity (Wildman–Crippen MR) is 132 cm³/mol. The normalized spacial score (nSPS) is 10.8. The molecule has 30 heavy (non-hydrogen) atoms. The van der Waals surface area contributed by atoms with Gasteiger partial charge in [0, 0.05) is 4.90 Å². The van der Waals surface area contributed by atoms with Crippen molar-refractivity contribution in [3.05, 3.63) is 48.3 Å². The molecule has 140 valence electrons. The van der Waals surface area contributed by atoms with Crippen molar-refractivity contribution in [2.45, 2.75) is 11.7 Å². The second-order valence-corrected chi connectivity index (χ2v) is 7.66. The minimum atomic E-state index is -0.827. The summed E-state index contributed by atoms with van der Waals surface area (Å²) in [5, 5.41) is 0. The zero-order chi connectivity index (χ0) is 22.0. The van der Waals surface area contributed by atoms with Crippen molar-refractivity contribution in [3.63, 3.8) is 0 Å². The lowest BCUT2D eigenvalue weighted by molar-refractivity contribution is 0.424. The smallest absolute Gasteiger partial charge is 0.359 e. The molecule has 8 radical (unpaired) electrons. The number of halogens is 1. The molecule has 0 aromatic heterocycles. The largest absolute Gasteiger partial charge is 0.397 e. The van der Waals surface area contributed by atoms with E-state index in [0.29, 0.717) is 22.5 Å². The van der Waals surface area contributed by atoms with Crippen LogP contribution in [0, 0.1) is 5.82 Å². The first-order valence-corrected chi connectivity index (χ1v) is 10.3. The van der Waals surface area contributed by atoms with Crippen LogP contribution in [0.25, 0.3) is 11.1 Å². The van der Waals surface area contributed by atoms with Crippen LogP contribution in [0.1, 0.15) is 0 Å². The minimum Gasteiger partial charge on any atom is -0.397 e. The SMILES string of the molecule is [B]c1c([B])c(-c2ccc(N)c(NOB(C)c3ccc(SC)cc3)c2)c([B])c([B])c1F. The van der Waals surface area contributed by atoms with Gasteiger partial charge < -0.3 is 10.5 Å². The van der Waals surface area contributed by atoms with Crippen molar-refractivity contribution in [1.29, 1.82) is 0 Å². The van der Waals surface area contributed by atoms with Crippen molar-refractivity contribution >= 4 is 88.8 Å². The minimum absolute atomic E-state index is 0.0121. The van der Waals surface area contributed by atoms with Crippen molar-refractivity contribution in [3.8, 4) is 11.1 Å². The standard InChI is InChI=1S/C20H16B5FN2OS/c1-25(11-4-6-12(30-2)7-5-11)29-28-14-9-10(3-8-13(14)27)15-16(21)18(23)20(26)19(24)17(15)22/h3-9,28H,27H2,1-2H3. The van der Waals surface area contributed by atoms with Crippen LogP contribution in [0.4, 0.5) is 15.8 Å². The van der Waals surface area contributed by atoms with Crippen molar-refractivity contribution < 1.29 is 9.15 Å². The highest BCUT2D eigenvalue weighted by Crippen LogP contribution is 2.25. The summed E-state index contributed by atoms with van der Waals surface area (Å²) in [5.41, 5.74) is 11.3. The predicted octanol–water partition coefficient (Wildman–Crippen LogP) is -0.156. The summed E-state index contributed by atoms with van der Waals surface area (Å²) < 4.78 is 19.8. The van der Waals surface area contributed by atoms with E-state index < -0.39 is 5.82 Å². The lowest BCUT2D eigenvalue weighted by Crippen LogP contribution is -2.45. The Bertz CT molecular complexity index is 1050. The van der Waals surface area contributed by atoms with Crippen molar-refractivity contribution in [2.75, 3.05) is 17.5 Å². The van der Waals surface area contributed by atoms with E-state index in [4.69, 9.17) is 41.9 Å². The average Bonchev–Trinajstić information content (AvgIpc) is 2.76. The molecule has 0 aliphatic heterocycles. The van der Waals surface area contributed by atoms with Gasteiger partial charge in [0.1, 0.15) is 37.2 Å². The van der Waals surface area contributed by atoms with Gasteiger partial charge in [0.15, 0.2) is 0 Å². The summed E-state index contributed by atoms with van der Waals surface area (Å²) in [6.07, 6.45) is 2.02. The second kappa shape index (κ2) is 9.31. The fourth-order valence-electron chi connectivity index (χ4n) is 3.00. The van der Waals surface area contributed by atoms with E-state index in [-0.39, 0.29) is 28.8 Å². The lowest BCUT2D eigenvalue weighted by atomic mass is 9.64. The molecule has 0 saturated carbocycles. The van der Waals surface area contributed by atoms with Crippen molar-refractivity contribution in [1.82, 2.24) is 0 Å². The number of rotatable bonds is 6. The quantitative estimate of drug-likeness (QED) is 0.259. The Morgan fingerprint density at radius 2 is 1.57 bits per heavy atom. The number of nitrogens with one attached hydrogen (secondary N) is 1. The Balaban J connectivity index is 1.88. The molecule has 0 fully saturated rings. The average molecular weight is 405 g/mol. The van der Waals surface area contributed by atoms with Crippen LogP contribution in [0.5, 0.6) is 0 Å². The van der Waals surface area contributed by atoms with Crippen molar-refractivity contribution in [2.24, 2.45) is 0 Å². The Kier molecular flexibility index (Phi) is 6.99. The highest BCUT2D eigenvalue weighted by Gasteiger charge is 2.17. The first-order chi connectivity index (χ1) is 14.2. The third kappa shape index (κ3) is 4.45. The summed E-state index contributed by atoms with van der Waals surface area (Å²) in [7, 11) is 23.5. The van der Waals surface area contributed by atoms with Crippen LogP contribution in [-0.2, 0) is 4.76 Å². The second-order valence-electron chi connectivity index (χ2n) is 6.78. The van der Waals surface area contributed by atoms with Crippen LogP contribution < -0.4 is 38.5 Å². The zero-order valence-corrected chi connectivity index (χ0v) is 17.5. The molecular weight excluding hydrogens is 389 g/mol. The number of hydrogen-bond acceptors (Lipinski definition) is 4.